The van der Waals surface area contributed by atoms with E-state index in [1.165, 1.54) is 0 Å². The first kappa shape index (κ1) is 12.5. The Kier molecular flexibility index (Phi) is 4.50. The Bertz CT molecular complexity index is 372. The van der Waals surface area contributed by atoms with E-state index >= 15 is 0 Å². The Morgan fingerprint density at radius 3 is 3.06 bits per heavy atom. The van der Waals surface area contributed by atoms with E-state index in [0.29, 0.717) is 5.69 Å². The van der Waals surface area contributed by atoms with Crippen molar-refractivity contribution in [3.05, 3.63) is 16.1 Å². The number of nitrogens with zero attached hydrogens (tertiary/aromatic N) is 1. The minimum absolute atomic E-state index is 0.0458. The summed E-state index contributed by atoms with van der Waals surface area (Å²) in [5.41, 5.74) is 0.560. The fourth-order valence-electron chi connectivity index (χ4n) is 1.85. The van der Waals surface area contributed by atoms with E-state index in [4.69, 9.17) is 4.74 Å². The lowest BCUT2D eigenvalue weighted by molar-refractivity contribution is 0.0694. The van der Waals surface area contributed by atoms with E-state index < -0.39 is 0 Å². The number of rotatable bonds is 4. The number of hydrogen-bond donors (Lipinski definition) is 1. The van der Waals surface area contributed by atoms with Crippen molar-refractivity contribution < 1.29 is 9.53 Å². The molecule has 94 valence electrons. The predicted molar refractivity (Wildman–Crippen MR) is 67.4 cm³/mol. The molecule has 0 bridgehead atoms. The van der Waals surface area contributed by atoms with Crippen LogP contribution in [-0.4, -0.2) is 30.1 Å². The second-order valence-corrected chi connectivity index (χ2v) is 5.18. The highest BCUT2D eigenvalue weighted by Crippen LogP contribution is 2.13. The van der Waals surface area contributed by atoms with Gasteiger partial charge in [0, 0.05) is 24.6 Å². The SMILES string of the molecule is CCCc1nc(C(=O)NC2CCOCC2)cs1. The van der Waals surface area contributed by atoms with Crippen molar-refractivity contribution >= 4 is 17.2 Å². The standard InChI is InChI=1S/C12H18N2O2S/c1-2-3-11-14-10(8-17-11)12(15)13-9-4-6-16-7-5-9/h8-9H,2-7H2,1H3,(H,13,15). The molecule has 0 radical (unpaired) electrons. The van der Waals surface area contributed by atoms with Gasteiger partial charge in [0.1, 0.15) is 5.69 Å². The minimum Gasteiger partial charge on any atom is -0.381 e. The van der Waals surface area contributed by atoms with Gasteiger partial charge in [-0.25, -0.2) is 4.98 Å². The molecule has 1 aliphatic heterocycles. The van der Waals surface area contributed by atoms with Crippen LogP contribution in [0.4, 0.5) is 0 Å². The normalized spacial score (nSPS) is 17.0. The molecule has 1 aromatic heterocycles. The average molecular weight is 254 g/mol. The van der Waals surface area contributed by atoms with E-state index in [2.05, 4.69) is 17.2 Å². The number of thiazole rings is 1. The first-order valence-corrected chi connectivity index (χ1v) is 7.00. The van der Waals surface area contributed by atoms with Gasteiger partial charge in [0.05, 0.1) is 5.01 Å². The summed E-state index contributed by atoms with van der Waals surface area (Å²) < 4.78 is 5.26. The highest BCUT2D eigenvalue weighted by atomic mass is 32.1. The van der Waals surface area contributed by atoms with E-state index in [-0.39, 0.29) is 11.9 Å². The Labute approximate surface area is 105 Å². The molecular formula is C12H18N2O2S. The predicted octanol–water partition coefficient (Wildman–Crippen LogP) is 2.00. The molecule has 1 fully saturated rings. The van der Waals surface area contributed by atoms with Crippen molar-refractivity contribution in [2.75, 3.05) is 13.2 Å². The van der Waals surface area contributed by atoms with Gasteiger partial charge in [-0.15, -0.1) is 11.3 Å². The Balaban J connectivity index is 1.89. The molecule has 0 aliphatic carbocycles. The summed E-state index contributed by atoms with van der Waals surface area (Å²) in [6, 6.07) is 0.243. The van der Waals surface area contributed by atoms with Crippen LogP contribution in [0.25, 0.3) is 0 Å². The van der Waals surface area contributed by atoms with Gasteiger partial charge in [-0.2, -0.15) is 0 Å². The summed E-state index contributed by atoms with van der Waals surface area (Å²) in [4.78, 5) is 16.3. The molecule has 1 saturated heterocycles. The first-order chi connectivity index (χ1) is 8.29. The van der Waals surface area contributed by atoms with E-state index in [1.54, 1.807) is 11.3 Å². The molecule has 0 aromatic carbocycles. The van der Waals surface area contributed by atoms with Crippen molar-refractivity contribution in [3.8, 4) is 0 Å². The number of amides is 1. The van der Waals surface area contributed by atoms with Crippen LogP contribution < -0.4 is 5.32 Å². The van der Waals surface area contributed by atoms with Crippen LogP contribution in [-0.2, 0) is 11.2 Å². The molecule has 0 unspecified atom stereocenters. The molecule has 2 heterocycles. The second kappa shape index (κ2) is 6.12. The van der Waals surface area contributed by atoms with Crippen molar-refractivity contribution in [3.63, 3.8) is 0 Å². The molecule has 2 rings (SSSR count). The van der Waals surface area contributed by atoms with Crippen molar-refractivity contribution in [1.29, 1.82) is 0 Å². The first-order valence-electron chi connectivity index (χ1n) is 6.12. The highest BCUT2D eigenvalue weighted by Gasteiger charge is 2.18. The van der Waals surface area contributed by atoms with Crippen LogP contribution in [0, 0.1) is 0 Å². The van der Waals surface area contributed by atoms with Gasteiger partial charge in [0.25, 0.3) is 5.91 Å². The van der Waals surface area contributed by atoms with Gasteiger partial charge >= 0.3 is 0 Å². The van der Waals surface area contributed by atoms with Gasteiger partial charge in [-0.3, -0.25) is 4.79 Å². The number of carbonyl (C=O) groups excluding carboxylic acids is 1. The summed E-state index contributed by atoms with van der Waals surface area (Å²) in [7, 11) is 0. The molecule has 1 N–H and O–H groups in total. The molecule has 4 nitrogen and oxygen atoms in total. The number of aryl methyl sites for hydroxylation is 1. The third-order valence-electron chi connectivity index (χ3n) is 2.80. The summed E-state index contributed by atoms with van der Waals surface area (Å²) in [5, 5.41) is 5.91. The number of hydrogen-bond acceptors (Lipinski definition) is 4. The van der Waals surface area contributed by atoms with Crippen LogP contribution in [0.15, 0.2) is 5.38 Å². The summed E-state index contributed by atoms with van der Waals surface area (Å²) >= 11 is 1.57. The Morgan fingerprint density at radius 1 is 1.59 bits per heavy atom. The fourth-order valence-corrected chi connectivity index (χ4v) is 2.73. The van der Waals surface area contributed by atoms with Crippen molar-refractivity contribution in [2.45, 2.75) is 38.6 Å². The smallest absolute Gasteiger partial charge is 0.270 e. The van der Waals surface area contributed by atoms with E-state index in [9.17, 15) is 4.79 Å². The molecule has 1 aliphatic rings. The molecule has 1 aromatic rings. The van der Waals surface area contributed by atoms with Gasteiger partial charge in [0.15, 0.2) is 0 Å². The largest absolute Gasteiger partial charge is 0.381 e. The van der Waals surface area contributed by atoms with Gasteiger partial charge < -0.3 is 10.1 Å². The topological polar surface area (TPSA) is 51.2 Å². The average Bonchev–Trinajstić information content (AvgIpc) is 2.79. The third-order valence-corrected chi connectivity index (χ3v) is 3.71. The monoisotopic (exact) mass is 254 g/mol. The summed E-state index contributed by atoms with van der Waals surface area (Å²) in [6.07, 6.45) is 3.82. The van der Waals surface area contributed by atoms with Crippen LogP contribution in [0.1, 0.15) is 41.7 Å². The minimum atomic E-state index is -0.0458. The lowest BCUT2D eigenvalue weighted by Gasteiger charge is -2.22. The van der Waals surface area contributed by atoms with Crippen LogP contribution in [0.5, 0.6) is 0 Å². The zero-order chi connectivity index (χ0) is 12.1. The molecule has 0 spiro atoms. The maximum atomic E-state index is 11.9. The van der Waals surface area contributed by atoms with Crippen LogP contribution >= 0.6 is 11.3 Å². The number of nitrogens with one attached hydrogen (secondary N) is 1. The van der Waals surface area contributed by atoms with Crippen LogP contribution in [0.3, 0.4) is 0 Å². The third kappa shape index (κ3) is 3.51. The summed E-state index contributed by atoms with van der Waals surface area (Å²) in [5.74, 6) is -0.0458. The molecule has 5 heteroatoms. The number of aromatic nitrogens is 1. The van der Waals surface area contributed by atoms with E-state index in [1.807, 2.05) is 5.38 Å². The second-order valence-electron chi connectivity index (χ2n) is 4.24. The Morgan fingerprint density at radius 2 is 2.35 bits per heavy atom. The van der Waals surface area contributed by atoms with Crippen molar-refractivity contribution in [2.24, 2.45) is 0 Å². The number of carbonyl (C=O) groups is 1. The Hall–Kier alpha value is -0.940. The molecule has 1 amide bonds. The van der Waals surface area contributed by atoms with E-state index in [0.717, 1.165) is 43.9 Å². The van der Waals surface area contributed by atoms with Gasteiger partial charge in [-0.05, 0) is 25.7 Å². The lowest BCUT2D eigenvalue weighted by Crippen LogP contribution is -2.39. The molecule has 0 atom stereocenters. The van der Waals surface area contributed by atoms with Crippen LogP contribution in [0.2, 0.25) is 0 Å². The fraction of sp³-hybridized carbons (Fsp3) is 0.667. The quantitative estimate of drug-likeness (QED) is 0.894. The maximum Gasteiger partial charge on any atom is 0.270 e. The van der Waals surface area contributed by atoms with Gasteiger partial charge in [0.2, 0.25) is 0 Å². The highest BCUT2D eigenvalue weighted by molar-refractivity contribution is 7.09. The van der Waals surface area contributed by atoms with Gasteiger partial charge in [-0.1, -0.05) is 6.92 Å². The molecular weight excluding hydrogens is 236 g/mol. The number of ether oxygens (including phenoxy) is 1. The zero-order valence-corrected chi connectivity index (χ0v) is 10.9. The molecule has 0 saturated carbocycles. The zero-order valence-electron chi connectivity index (χ0n) is 10.1. The van der Waals surface area contributed by atoms with Crippen molar-refractivity contribution in [1.82, 2.24) is 10.3 Å². The molecule has 17 heavy (non-hydrogen) atoms. The summed E-state index contributed by atoms with van der Waals surface area (Å²) in [6.45, 7) is 3.59. The lowest BCUT2D eigenvalue weighted by atomic mass is 10.1. The maximum absolute atomic E-state index is 11.9.